The molecule has 8 heteroatoms. The van der Waals surface area contributed by atoms with Crippen LogP contribution in [0.3, 0.4) is 0 Å². The average molecular weight is 535 g/mol. The zero-order valence-electron chi connectivity index (χ0n) is 21.0. The summed E-state index contributed by atoms with van der Waals surface area (Å²) in [6, 6.07) is 1.49. The second-order valence-electron chi connectivity index (χ2n) is 11.8. The fourth-order valence-corrected chi connectivity index (χ4v) is 9.38. The van der Waals surface area contributed by atoms with Crippen molar-refractivity contribution < 1.29 is 28.6 Å². The van der Waals surface area contributed by atoms with Gasteiger partial charge in [-0.25, -0.2) is 4.79 Å². The fraction of sp³-hybridized carbons (Fsp3) is 0.607. The minimum Gasteiger partial charge on any atom is -0.472 e. The Morgan fingerprint density at radius 2 is 1.97 bits per heavy atom. The van der Waals surface area contributed by atoms with Crippen LogP contribution in [0.25, 0.3) is 0 Å². The summed E-state index contributed by atoms with van der Waals surface area (Å²) < 4.78 is 11.2. The van der Waals surface area contributed by atoms with E-state index in [1.807, 2.05) is 26.8 Å². The van der Waals surface area contributed by atoms with Crippen LogP contribution in [0, 0.1) is 28.1 Å². The molecule has 194 valence electrons. The molecule has 0 amide bonds. The van der Waals surface area contributed by atoms with Crippen LogP contribution < -0.4 is 0 Å². The zero-order valence-corrected chi connectivity index (χ0v) is 22.5. The lowest BCUT2D eigenvalue weighted by atomic mass is 9.40. The Hall–Kier alpha value is -1.89. The molecule has 1 N–H and O–H groups in total. The number of carbonyl (C=O) groups excluding carboxylic acids is 3. The number of allylic oxidation sites excluding steroid dienone is 4. The Bertz CT molecular complexity index is 1190. The first-order chi connectivity index (χ1) is 16.8. The van der Waals surface area contributed by atoms with Gasteiger partial charge in [0.05, 0.1) is 28.7 Å². The standard InChI is InChI=1S/C28H32Cl2O6/c1-16-11-20-25(3)8-5-18-12-19(31)6-9-24(18,2)28(25,30)21(32)13-26(20,4)27(16,22(33)14-29)36-23(34)17-7-10-35-15-17/h6-7,9-10,12,15-16,20-21,32H,5,8,11,13-14H2,1-4H3/t16-,20+,21+,24+,25+,26+,27+,28+/m1/s1. The molecule has 0 radical (unpaired) electrons. The molecule has 1 aromatic rings. The molecule has 0 saturated heterocycles. The number of alkyl halides is 2. The second kappa shape index (κ2) is 8.05. The molecule has 3 fully saturated rings. The van der Waals surface area contributed by atoms with Crippen LogP contribution in [0.5, 0.6) is 0 Å². The van der Waals surface area contributed by atoms with Gasteiger partial charge in [-0.2, -0.15) is 0 Å². The summed E-state index contributed by atoms with van der Waals surface area (Å²) in [6.45, 7) is 7.93. The number of hydrogen-bond donors (Lipinski definition) is 1. The maximum absolute atomic E-state index is 13.7. The van der Waals surface area contributed by atoms with Gasteiger partial charge in [0.2, 0.25) is 0 Å². The lowest BCUT2D eigenvalue weighted by Crippen LogP contribution is -2.73. The Morgan fingerprint density at radius 3 is 2.61 bits per heavy atom. The van der Waals surface area contributed by atoms with Crippen molar-refractivity contribution in [1.29, 1.82) is 0 Å². The summed E-state index contributed by atoms with van der Waals surface area (Å²) >= 11 is 13.8. The van der Waals surface area contributed by atoms with E-state index in [2.05, 4.69) is 6.92 Å². The molecule has 0 unspecified atom stereocenters. The molecule has 36 heavy (non-hydrogen) atoms. The predicted octanol–water partition coefficient (Wildman–Crippen LogP) is 5.26. The van der Waals surface area contributed by atoms with Crippen LogP contribution >= 0.6 is 23.2 Å². The van der Waals surface area contributed by atoms with Gasteiger partial charge in [0.15, 0.2) is 17.2 Å². The number of carbonyl (C=O) groups is 3. The first-order valence-corrected chi connectivity index (χ1v) is 13.4. The number of halogens is 2. The summed E-state index contributed by atoms with van der Waals surface area (Å²) in [5.41, 5.74) is -2.70. The maximum atomic E-state index is 13.7. The van der Waals surface area contributed by atoms with Gasteiger partial charge in [0.25, 0.3) is 0 Å². The number of hydrogen-bond acceptors (Lipinski definition) is 6. The summed E-state index contributed by atoms with van der Waals surface area (Å²) in [5.74, 6) is -1.94. The highest BCUT2D eigenvalue weighted by Crippen LogP contribution is 2.76. The van der Waals surface area contributed by atoms with E-state index in [-0.39, 0.29) is 41.3 Å². The number of furan rings is 1. The number of Topliss-reactive ketones (excluding diaryl/α,β-unsaturated/α-hetero) is 1. The van der Waals surface area contributed by atoms with Gasteiger partial charge < -0.3 is 14.3 Å². The summed E-state index contributed by atoms with van der Waals surface area (Å²) in [7, 11) is 0. The molecular weight excluding hydrogens is 503 g/mol. The van der Waals surface area contributed by atoms with E-state index in [1.54, 1.807) is 6.08 Å². The molecule has 5 rings (SSSR count). The molecule has 1 heterocycles. The minimum atomic E-state index is -1.54. The smallest absolute Gasteiger partial charge is 0.342 e. The molecule has 0 spiro atoms. The van der Waals surface area contributed by atoms with Crippen LogP contribution in [0.15, 0.2) is 46.8 Å². The van der Waals surface area contributed by atoms with E-state index >= 15 is 0 Å². The van der Waals surface area contributed by atoms with Gasteiger partial charge in [-0.05, 0) is 55.2 Å². The lowest BCUT2D eigenvalue weighted by molar-refractivity contribution is -0.194. The number of fused-ring (bicyclic) bond motifs is 5. The zero-order chi connectivity index (χ0) is 26.3. The highest BCUT2D eigenvalue weighted by Gasteiger charge is 2.79. The van der Waals surface area contributed by atoms with Crippen molar-refractivity contribution in [2.45, 2.75) is 70.0 Å². The number of esters is 1. The Morgan fingerprint density at radius 1 is 1.25 bits per heavy atom. The molecule has 4 aliphatic rings. The molecule has 0 bridgehead atoms. The highest BCUT2D eigenvalue weighted by molar-refractivity contribution is 6.29. The van der Waals surface area contributed by atoms with E-state index in [1.165, 1.54) is 24.7 Å². The molecule has 8 atom stereocenters. The van der Waals surface area contributed by atoms with E-state index < -0.39 is 38.8 Å². The average Bonchev–Trinajstić information content (AvgIpc) is 3.44. The first-order valence-electron chi connectivity index (χ1n) is 12.5. The largest absolute Gasteiger partial charge is 0.472 e. The van der Waals surface area contributed by atoms with Crippen molar-refractivity contribution in [3.8, 4) is 0 Å². The van der Waals surface area contributed by atoms with Crippen LogP contribution in [-0.4, -0.2) is 45.1 Å². The van der Waals surface area contributed by atoms with Crippen molar-refractivity contribution >= 4 is 40.7 Å². The van der Waals surface area contributed by atoms with Crippen molar-refractivity contribution in [2.24, 2.45) is 28.1 Å². The number of ketones is 2. The molecule has 0 aromatic carbocycles. The molecule has 3 saturated carbocycles. The molecule has 6 nitrogen and oxygen atoms in total. The van der Waals surface area contributed by atoms with E-state index in [0.29, 0.717) is 19.3 Å². The number of aliphatic hydroxyl groups is 1. The Labute approximate surface area is 221 Å². The van der Waals surface area contributed by atoms with Gasteiger partial charge in [-0.15, -0.1) is 23.2 Å². The maximum Gasteiger partial charge on any atom is 0.342 e. The van der Waals surface area contributed by atoms with Gasteiger partial charge >= 0.3 is 5.97 Å². The quantitative estimate of drug-likeness (QED) is 0.418. The van der Waals surface area contributed by atoms with Gasteiger partial charge in [-0.3, -0.25) is 9.59 Å². The van der Waals surface area contributed by atoms with E-state index in [0.717, 1.165) is 5.57 Å². The van der Waals surface area contributed by atoms with Gasteiger partial charge in [0.1, 0.15) is 6.26 Å². The third-order valence-electron chi connectivity index (χ3n) is 10.4. The number of aliphatic hydroxyl groups excluding tert-OH is 1. The first kappa shape index (κ1) is 25.7. The highest BCUT2D eigenvalue weighted by atomic mass is 35.5. The number of ether oxygens (including phenoxy) is 1. The van der Waals surface area contributed by atoms with Crippen LogP contribution in [0.1, 0.15) is 63.7 Å². The summed E-state index contributed by atoms with van der Waals surface area (Å²) in [5, 5.41) is 11.9. The SMILES string of the molecule is C[C@@H]1C[C@H]2[C@]3(C)CCC4=CC(=O)C=C[C@]4(C)[C@@]3(Cl)[C@@H](O)C[C@]2(C)[C@@]1(OC(=O)c1ccoc1)C(=O)CCl. The van der Waals surface area contributed by atoms with Crippen molar-refractivity contribution in [2.75, 3.05) is 5.88 Å². The lowest BCUT2D eigenvalue weighted by Gasteiger charge is -2.69. The Balaban J connectivity index is 1.66. The van der Waals surface area contributed by atoms with E-state index in [4.69, 9.17) is 32.4 Å². The van der Waals surface area contributed by atoms with Gasteiger partial charge in [0, 0.05) is 16.7 Å². The van der Waals surface area contributed by atoms with Crippen LogP contribution in [0.4, 0.5) is 0 Å². The second-order valence-corrected chi connectivity index (χ2v) is 12.6. The number of rotatable bonds is 4. The van der Waals surface area contributed by atoms with Gasteiger partial charge in [-0.1, -0.05) is 39.3 Å². The third-order valence-corrected chi connectivity index (χ3v) is 11.7. The normalized spacial score (nSPS) is 45.4. The molecule has 1 aromatic heterocycles. The van der Waals surface area contributed by atoms with Crippen molar-refractivity contribution in [1.82, 2.24) is 0 Å². The van der Waals surface area contributed by atoms with Crippen molar-refractivity contribution in [3.63, 3.8) is 0 Å². The predicted molar refractivity (Wildman–Crippen MR) is 135 cm³/mol. The minimum absolute atomic E-state index is 0.0751. The monoisotopic (exact) mass is 534 g/mol. The van der Waals surface area contributed by atoms with Crippen LogP contribution in [-0.2, 0) is 14.3 Å². The fourth-order valence-electron chi connectivity index (χ4n) is 8.69. The molecular formula is C28H32Cl2O6. The summed E-state index contributed by atoms with van der Waals surface area (Å²) in [4.78, 5) is 38.0. The van der Waals surface area contributed by atoms with Crippen LogP contribution in [0.2, 0.25) is 0 Å². The van der Waals surface area contributed by atoms with E-state index in [9.17, 15) is 19.5 Å². The van der Waals surface area contributed by atoms with Crippen molar-refractivity contribution in [3.05, 3.63) is 48.0 Å². The third kappa shape index (κ3) is 2.87. The Kier molecular flexibility index (Phi) is 5.76. The summed E-state index contributed by atoms with van der Waals surface area (Å²) in [6.07, 6.45) is 8.64. The topological polar surface area (TPSA) is 93.8 Å². The molecule has 0 aliphatic heterocycles. The molecule has 4 aliphatic carbocycles.